The Morgan fingerprint density at radius 2 is 1.75 bits per heavy atom. The van der Waals surface area contributed by atoms with Gasteiger partial charge in [0.2, 0.25) is 11.8 Å². The average molecular weight is 391 g/mol. The molecule has 0 radical (unpaired) electrons. The highest BCUT2D eigenvalue weighted by Gasteiger charge is 2.09. The van der Waals surface area contributed by atoms with Gasteiger partial charge in [-0.1, -0.05) is 40.2 Å². The van der Waals surface area contributed by atoms with Crippen LogP contribution in [-0.2, 0) is 16.0 Å². The van der Waals surface area contributed by atoms with Crippen LogP contribution in [0.5, 0.6) is 5.75 Å². The van der Waals surface area contributed by atoms with Crippen molar-refractivity contribution in [3.8, 4) is 5.75 Å². The summed E-state index contributed by atoms with van der Waals surface area (Å²) < 4.78 is 6.40. The zero-order valence-electron chi connectivity index (χ0n) is 13.3. The average Bonchev–Trinajstić information content (AvgIpc) is 2.57. The third-order valence-electron chi connectivity index (χ3n) is 3.19. The van der Waals surface area contributed by atoms with Gasteiger partial charge in [-0.2, -0.15) is 0 Å². The number of amides is 2. The summed E-state index contributed by atoms with van der Waals surface area (Å²) in [6, 6.07) is 14.7. The van der Waals surface area contributed by atoms with Gasteiger partial charge >= 0.3 is 0 Å². The van der Waals surface area contributed by atoms with Gasteiger partial charge in [0.1, 0.15) is 5.75 Å². The summed E-state index contributed by atoms with van der Waals surface area (Å²) in [6.07, 6.45) is 0.232. The number of hydrogen-bond donors (Lipinski definition) is 2. The molecule has 2 rings (SSSR count). The van der Waals surface area contributed by atoms with Gasteiger partial charge in [0, 0.05) is 4.47 Å². The number of rotatable bonds is 7. The molecule has 2 N–H and O–H groups in total. The van der Waals surface area contributed by atoms with Gasteiger partial charge < -0.3 is 15.4 Å². The van der Waals surface area contributed by atoms with E-state index in [-0.39, 0.29) is 24.8 Å². The van der Waals surface area contributed by atoms with Crippen molar-refractivity contribution in [1.29, 1.82) is 0 Å². The van der Waals surface area contributed by atoms with Crippen molar-refractivity contribution in [1.82, 2.24) is 5.32 Å². The molecule has 0 aliphatic rings. The summed E-state index contributed by atoms with van der Waals surface area (Å²) in [5.41, 5.74) is 1.48. The van der Waals surface area contributed by atoms with Gasteiger partial charge in [0.25, 0.3) is 0 Å². The lowest BCUT2D eigenvalue weighted by atomic mass is 10.1. The summed E-state index contributed by atoms with van der Waals surface area (Å²) in [7, 11) is 0. The summed E-state index contributed by atoms with van der Waals surface area (Å²) >= 11 is 3.35. The van der Waals surface area contributed by atoms with E-state index in [9.17, 15) is 9.59 Å². The molecule has 5 nitrogen and oxygen atoms in total. The number of ether oxygens (including phenoxy) is 1. The fourth-order valence-electron chi connectivity index (χ4n) is 2.07. The first-order valence-electron chi connectivity index (χ1n) is 7.61. The zero-order chi connectivity index (χ0) is 17.4. The van der Waals surface area contributed by atoms with E-state index in [0.717, 1.165) is 10.0 Å². The molecule has 0 unspecified atom stereocenters. The van der Waals surface area contributed by atoms with Crippen molar-refractivity contribution in [3.05, 3.63) is 58.6 Å². The van der Waals surface area contributed by atoms with Gasteiger partial charge in [-0.15, -0.1) is 0 Å². The zero-order valence-corrected chi connectivity index (χ0v) is 14.9. The molecule has 0 aliphatic carbocycles. The number of carbonyl (C=O) groups excluding carboxylic acids is 2. The number of halogens is 1. The van der Waals surface area contributed by atoms with E-state index in [1.54, 1.807) is 12.1 Å². The molecular weight excluding hydrogens is 372 g/mol. The Morgan fingerprint density at radius 3 is 2.46 bits per heavy atom. The normalized spacial score (nSPS) is 10.1. The molecule has 0 saturated heterocycles. The van der Waals surface area contributed by atoms with E-state index in [1.165, 1.54) is 0 Å². The lowest BCUT2D eigenvalue weighted by Crippen LogP contribution is -2.33. The van der Waals surface area contributed by atoms with Crippen molar-refractivity contribution >= 4 is 33.4 Å². The van der Waals surface area contributed by atoms with Crippen LogP contribution in [-0.4, -0.2) is 25.0 Å². The molecule has 0 aromatic heterocycles. The third-order valence-corrected chi connectivity index (χ3v) is 3.71. The summed E-state index contributed by atoms with van der Waals surface area (Å²) in [6.45, 7) is 2.30. The van der Waals surface area contributed by atoms with Gasteiger partial charge in [-0.05, 0) is 36.8 Å². The molecule has 2 amide bonds. The first kappa shape index (κ1) is 18.0. The molecule has 0 spiro atoms. The predicted molar refractivity (Wildman–Crippen MR) is 97.1 cm³/mol. The smallest absolute Gasteiger partial charge is 0.243 e. The lowest BCUT2D eigenvalue weighted by molar-refractivity contribution is -0.123. The molecule has 0 saturated carbocycles. The number of hydrogen-bond acceptors (Lipinski definition) is 3. The van der Waals surface area contributed by atoms with Crippen LogP contribution in [0.15, 0.2) is 53.0 Å². The number of para-hydroxylation sites is 2. The summed E-state index contributed by atoms with van der Waals surface area (Å²) in [4.78, 5) is 23.9. The molecule has 0 atom stereocenters. The quantitative estimate of drug-likeness (QED) is 0.762. The van der Waals surface area contributed by atoms with Crippen molar-refractivity contribution < 1.29 is 14.3 Å². The van der Waals surface area contributed by atoms with Gasteiger partial charge in [0.15, 0.2) is 0 Å². The molecule has 126 valence electrons. The maximum Gasteiger partial charge on any atom is 0.243 e. The van der Waals surface area contributed by atoms with E-state index in [4.69, 9.17) is 4.74 Å². The maximum absolute atomic E-state index is 12.0. The van der Waals surface area contributed by atoms with Crippen LogP contribution in [0, 0.1) is 0 Å². The van der Waals surface area contributed by atoms with Gasteiger partial charge in [0.05, 0.1) is 25.3 Å². The van der Waals surface area contributed by atoms with Crippen LogP contribution < -0.4 is 15.4 Å². The van der Waals surface area contributed by atoms with Crippen LogP contribution >= 0.6 is 15.9 Å². The SMILES string of the molecule is CCOc1ccccc1NC(=O)CNC(=O)Cc1ccc(Br)cc1. The largest absolute Gasteiger partial charge is 0.492 e. The first-order valence-corrected chi connectivity index (χ1v) is 8.40. The predicted octanol–water partition coefficient (Wildman–Crippen LogP) is 3.15. The minimum Gasteiger partial charge on any atom is -0.492 e. The Labute approximate surface area is 149 Å². The Hall–Kier alpha value is -2.34. The lowest BCUT2D eigenvalue weighted by Gasteiger charge is -2.11. The highest BCUT2D eigenvalue weighted by atomic mass is 79.9. The maximum atomic E-state index is 12.0. The standard InChI is InChI=1S/C18H19BrN2O3/c1-2-24-16-6-4-3-5-15(16)21-18(23)12-20-17(22)11-13-7-9-14(19)10-8-13/h3-10H,2,11-12H2,1H3,(H,20,22)(H,21,23). The molecule has 6 heteroatoms. The Balaban J connectivity index is 1.82. The van der Waals surface area contributed by atoms with E-state index < -0.39 is 0 Å². The second-order valence-electron chi connectivity index (χ2n) is 5.06. The van der Waals surface area contributed by atoms with Crippen LogP contribution in [0.4, 0.5) is 5.69 Å². The van der Waals surface area contributed by atoms with Crippen molar-refractivity contribution in [2.75, 3.05) is 18.5 Å². The van der Waals surface area contributed by atoms with Crippen LogP contribution in [0.25, 0.3) is 0 Å². The third kappa shape index (κ3) is 5.70. The summed E-state index contributed by atoms with van der Waals surface area (Å²) in [5, 5.41) is 5.35. The van der Waals surface area contributed by atoms with Gasteiger partial charge in [-0.25, -0.2) is 0 Å². The summed E-state index contributed by atoms with van der Waals surface area (Å²) in [5.74, 6) is 0.103. The molecule has 0 bridgehead atoms. The topological polar surface area (TPSA) is 67.4 Å². The van der Waals surface area contributed by atoms with Crippen LogP contribution in [0.1, 0.15) is 12.5 Å². The minimum atomic E-state index is -0.300. The molecule has 2 aromatic rings. The molecule has 24 heavy (non-hydrogen) atoms. The number of anilines is 1. The molecule has 0 heterocycles. The Kier molecular flexibility index (Phi) is 6.81. The molecular formula is C18H19BrN2O3. The fourth-order valence-corrected chi connectivity index (χ4v) is 2.34. The van der Waals surface area contributed by atoms with E-state index >= 15 is 0 Å². The molecule has 0 fully saturated rings. The fraction of sp³-hybridized carbons (Fsp3) is 0.222. The Bertz CT molecular complexity index is 702. The van der Waals surface area contributed by atoms with E-state index in [0.29, 0.717) is 18.0 Å². The van der Waals surface area contributed by atoms with E-state index in [1.807, 2.05) is 43.3 Å². The molecule has 2 aromatic carbocycles. The number of benzene rings is 2. The number of carbonyl (C=O) groups is 2. The van der Waals surface area contributed by atoms with Crippen LogP contribution in [0.2, 0.25) is 0 Å². The second kappa shape index (κ2) is 9.08. The molecule has 0 aliphatic heterocycles. The van der Waals surface area contributed by atoms with Crippen molar-refractivity contribution in [2.24, 2.45) is 0 Å². The highest BCUT2D eigenvalue weighted by molar-refractivity contribution is 9.10. The monoisotopic (exact) mass is 390 g/mol. The van der Waals surface area contributed by atoms with Gasteiger partial charge in [-0.3, -0.25) is 9.59 Å². The second-order valence-corrected chi connectivity index (χ2v) is 5.97. The van der Waals surface area contributed by atoms with Crippen molar-refractivity contribution in [3.63, 3.8) is 0 Å². The first-order chi connectivity index (χ1) is 11.6. The van der Waals surface area contributed by atoms with Crippen molar-refractivity contribution in [2.45, 2.75) is 13.3 Å². The Morgan fingerprint density at radius 1 is 1.04 bits per heavy atom. The van der Waals surface area contributed by atoms with Crippen LogP contribution in [0.3, 0.4) is 0 Å². The number of nitrogens with one attached hydrogen (secondary N) is 2. The van der Waals surface area contributed by atoms with E-state index in [2.05, 4.69) is 26.6 Å². The highest BCUT2D eigenvalue weighted by Crippen LogP contribution is 2.23. The minimum absolute atomic E-state index is 0.0875.